The number of ether oxygens (including phenoxy) is 1. The lowest BCUT2D eigenvalue weighted by Crippen LogP contribution is -2.80. The first kappa shape index (κ1) is 24.8. The summed E-state index contributed by atoms with van der Waals surface area (Å²) in [6.45, 7) is 6.15. The molecule has 8 heteroatoms. The van der Waals surface area contributed by atoms with Crippen LogP contribution in [0.25, 0.3) is 0 Å². The number of anilines is 2. The SMILES string of the molecule is N/C(=[NH+]\C(=S)Nc1ccc(N2CCC(N3CCOCC3)CC2)cc1)SCC1CCCCCC1. The van der Waals surface area contributed by atoms with Gasteiger partial charge in [0.2, 0.25) is 0 Å². The van der Waals surface area contributed by atoms with Crippen molar-refractivity contribution < 1.29 is 9.73 Å². The molecule has 1 saturated carbocycles. The van der Waals surface area contributed by atoms with Crippen LogP contribution >= 0.6 is 24.0 Å². The Hall–Kier alpha value is -1.35. The number of rotatable bonds is 5. The maximum atomic E-state index is 6.20. The lowest BCUT2D eigenvalue weighted by atomic mass is 10.0. The molecule has 3 aliphatic rings. The molecule has 2 aliphatic heterocycles. The Morgan fingerprint density at radius 1 is 1.00 bits per heavy atom. The molecule has 4 rings (SSSR count). The number of piperidine rings is 1. The van der Waals surface area contributed by atoms with Crippen molar-refractivity contribution in [3.05, 3.63) is 24.3 Å². The Balaban J connectivity index is 1.20. The summed E-state index contributed by atoms with van der Waals surface area (Å²) in [6, 6.07) is 9.29. The third kappa shape index (κ3) is 7.84. The normalized spacial score (nSPS) is 22.2. The topological polar surface area (TPSA) is 67.7 Å². The number of amidine groups is 1. The zero-order chi connectivity index (χ0) is 22.9. The van der Waals surface area contributed by atoms with Gasteiger partial charge in [-0.05, 0) is 68.1 Å². The Morgan fingerprint density at radius 2 is 1.67 bits per heavy atom. The molecular formula is C25H40N5OS2+. The van der Waals surface area contributed by atoms with Crippen LogP contribution in [0.1, 0.15) is 51.4 Å². The summed E-state index contributed by atoms with van der Waals surface area (Å²) in [5.41, 5.74) is 8.46. The average Bonchev–Trinajstić information content (AvgIpc) is 3.13. The molecule has 0 unspecified atom stereocenters. The number of thiocarbonyl (C=S) groups is 1. The van der Waals surface area contributed by atoms with E-state index in [0.717, 1.165) is 56.8 Å². The minimum Gasteiger partial charge on any atom is -0.379 e. The molecule has 1 aromatic carbocycles. The van der Waals surface area contributed by atoms with Crippen molar-refractivity contribution in [3.8, 4) is 0 Å². The minimum atomic E-state index is 0.556. The van der Waals surface area contributed by atoms with Crippen LogP contribution in [0.5, 0.6) is 0 Å². The largest absolute Gasteiger partial charge is 0.379 e. The molecule has 0 atom stereocenters. The van der Waals surface area contributed by atoms with Gasteiger partial charge in [0.05, 0.1) is 18.9 Å². The maximum Gasteiger partial charge on any atom is 0.293 e. The van der Waals surface area contributed by atoms with Gasteiger partial charge < -0.3 is 15.4 Å². The molecule has 2 heterocycles. The molecule has 33 heavy (non-hydrogen) atoms. The van der Waals surface area contributed by atoms with E-state index in [1.54, 1.807) is 11.8 Å². The fourth-order valence-electron chi connectivity index (χ4n) is 5.24. The number of nitrogens with one attached hydrogen (secondary N) is 2. The zero-order valence-corrected chi connectivity index (χ0v) is 21.4. The lowest BCUT2D eigenvalue weighted by Gasteiger charge is -2.40. The van der Waals surface area contributed by atoms with Gasteiger partial charge in [-0.1, -0.05) is 37.4 Å². The fraction of sp³-hybridized carbons (Fsp3) is 0.680. The lowest BCUT2D eigenvalue weighted by molar-refractivity contribution is -0.307. The van der Waals surface area contributed by atoms with Crippen molar-refractivity contribution in [1.82, 2.24) is 4.90 Å². The Morgan fingerprint density at radius 3 is 2.33 bits per heavy atom. The monoisotopic (exact) mass is 490 g/mol. The van der Waals surface area contributed by atoms with Crippen LogP contribution in [-0.2, 0) is 4.74 Å². The molecule has 0 spiro atoms. The van der Waals surface area contributed by atoms with Crippen LogP contribution in [0.2, 0.25) is 0 Å². The molecule has 182 valence electrons. The number of thioether (sulfide) groups is 1. The van der Waals surface area contributed by atoms with E-state index in [1.807, 2.05) is 0 Å². The van der Waals surface area contributed by atoms with Gasteiger partial charge in [-0.2, -0.15) is 0 Å². The van der Waals surface area contributed by atoms with Crippen LogP contribution in [0.4, 0.5) is 11.4 Å². The number of benzene rings is 1. The van der Waals surface area contributed by atoms with E-state index in [1.165, 1.54) is 57.1 Å². The molecule has 0 radical (unpaired) electrons. The van der Waals surface area contributed by atoms with Gasteiger partial charge in [-0.15, -0.1) is 0 Å². The van der Waals surface area contributed by atoms with Crippen molar-refractivity contribution in [2.75, 3.05) is 55.4 Å². The third-order valence-electron chi connectivity index (χ3n) is 7.20. The molecule has 6 nitrogen and oxygen atoms in total. The van der Waals surface area contributed by atoms with Crippen LogP contribution in [0, 0.1) is 5.92 Å². The number of nitrogens with zero attached hydrogens (tertiary/aromatic N) is 2. The maximum absolute atomic E-state index is 6.20. The van der Waals surface area contributed by atoms with E-state index in [0.29, 0.717) is 16.3 Å². The van der Waals surface area contributed by atoms with E-state index >= 15 is 0 Å². The summed E-state index contributed by atoms with van der Waals surface area (Å²) in [7, 11) is 0. The summed E-state index contributed by atoms with van der Waals surface area (Å²) in [5, 5.41) is 4.52. The molecule has 0 aromatic heterocycles. The summed E-state index contributed by atoms with van der Waals surface area (Å²) < 4.78 is 5.50. The standard InChI is InChI=1S/C25H39N5OS2/c26-24(33-19-20-5-3-1-2-4-6-20)28-25(32)27-21-7-9-22(10-8-21)29-13-11-23(12-14-29)30-15-17-31-18-16-30/h7-10,20,23H,1-6,11-19H2,(H3,26,27,28,32)/p+1. The Kier molecular flexibility index (Phi) is 9.70. The fourth-order valence-corrected chi connectivity index (χ4v) is 6.45. The second-order valence-electron chi connectivity index (χ2n) is 9.53. The molecule has 4 N–H and O–H groups in total. The van der Waals surface area contributed by atoms with Crippen molar-refractivity contribution >= 4 is 45.6 Å². The van der Waals surface area contributed by atoms with Gasteiger partial charge in [0.15, 0.2) is 0 Å². The van der Waals surface area contributed by atoms with Crippen LogP contribution < -0.4 is 20.9 Å². The quantitative estimate of drug-likeness (QED) is 0.254. The Bertz CT molecular complexity index is 766. The Labute approximate surface area is 208 Å². The van der Waals surface area contributed by atoms with Gasteiger partial charge in [0.25, 0.3) is 10.3 Å². The summed E-state index contributed by atoms with van der Waals surface area (Å²) in [5.74, 6) is 1.86. The number of nitrogens with two attached hydrogens (primary N) is 1. The molecule has 3 fully saturated rings. The number of morpholine rings is 1. The highest BCUT2D eigenvalue weighted by atomic mass is 32.2. The van der Waals surface area contributed by atoms with Crippen molar-refractivity contribution in [2.24, 2.45) is 11.7 Å². The average molecular weight is 491 g/mol. The molecule has 1 aromatic rings. The van der Waals surface area contributed by atoms with Gasteiger partial charge in [-0.25, -0.2) is 4.99 Å². The van der Waals surface area contributed by atoms with Crippen molar-refractivity contribution in [2.45, 2.75) is 57.4 Å². The van der Waals surface area contributed by atoms with E-state index in [2.05, 4.69) is 44.4 Å². The van der Waals surface area contributed by atoms with E-state index in [4.69, 9.17) is 22.7 Å². The van der Waals surface area contributed by atoms with E-state index in [-0.39, 0.29) is 0 Å². The summed E-state index contributed by atoms with van der Waals surface area (Å²) in [6.07, 6.45) is 10.6. The van der Waals surface area contributed by atoms with Crippen molar-refractivity contribution in [3.63, 3.8) is 0 Å². The molecule has 0 amide bonds. The highest BCUT2D eigenvalue weighted by molar-refractivity contribution is 8.13. The third-order valence-corrected chi connectivity index (χ3v) is 8.46. The van der Waals surface area contributed by atoms with Crippen LogP contribution in [-0.4, -0.2) is 66.4 Å². The van der Waals surface area contributed by atoms with Gasteiger partial charge in [0.1, 0.15) is 0 Å². The highest BCUT2D eigenvalue weighted by Crippen LogP contribution is 2.26. The van der Waals surface area contributed by atoms with Crippen LogP contribution in [0.15, 0.2) is 24.3 Å². The van der Waals surface area contributed by atoms with Gasteiger partial charge in [-0.3, -0.25) is 10.2 Å². The summed E-state index contributed by atoms with van der Waals surface area (Å²) >= 11 is 7.18. The highest BCUT2D eigenvalue weighted by Gasteiger charge is 2.26. The second-order valence-corrected chi connectivity index (χ2v) is 11.0. The smallest absolute Gasteiger partial charge is 0.293 e. The molecular weight excluding hydrogens is 450 g/mol. The predicted octanol–water partition coefficient (Wildman–Crippen LogP) is 2.78. The van der Waals surface area contributed by atoms with Gasteiger partial charge in [0, 0.05) is 43.7 Å². The van der Waals surface area contributed by atoms with Crippen molar-refractivity contribution in [1.29, 1.82) is 0 Å². The first-order valence-corrected chi connectivity index (χ1v) is 14.1. The second kappa shape index (κ2) is 12.9. The van der Waals surface area contributed by atoms with Crippen LogP contribution in [0.3, 0.4) is 0 Å². The zero-order valence-electron chi connectivity index (χ0n) is 19.8. The van der Waals surface area contributed by atoms with E-state index < -0.39 is 0 Å². The predicted molar refractivity (Wildman–Crippen MR) is 144 cm³/mol. The number of hydrogen-bond donors (Lipinski definition) is 3. The molecule has 1 aliphatic carbocycles. The molecule has 2 saturated heterocycles. The first-order valence-electron chi connectivity index (χ1n) is 12.7. The minimum absolute atomic E-state index is 0.556. The first-order chi connectivity index (χ1) is 16.2. The van der Waals surface area contributed by atoms with E-state index in [9.17, 15) is 0 Å². The molecule has 0 bridgehead atoms. The number of hydrogen-bond acceptors (Lipinski definition) is 5. The summed E-state index contributed by atoms with van der Waals surface area (Å²) in [4.78, 5) is 8.26. The van der Waals surface area contributed by atoms with Gasteiger partial charge >= 0.3 is 0 Å².